The molecule has 1 atom stereocenters. The highest BCUT2D eigenvalue weighted by molar-refractivity contribution is 14.1. The molecule has 1 aliphatic heterocycles. The Bertz CT molecular complexity index is 327. The van der Waals surface area contributed by atoms with Crippen LogP contribution in [0.15, 0.2) is 24.3 Å². The summed E-state index contributed by atoms with van der Waals surface area (Å²) in [4.78, 5) is 2.53. The molecule has 0 unspecified atom stereocenters. The van der Waals surface area contributed by atoms with Crippen LogP contribution in [-0.4, -0.2) is 30.6 Å². The van der Waals surface area contributed by atoms with E-state index in [1.807, 2.05) is 0 Å². The Balaban J connectivity index is 1.99. The molecule has 2 rings (SSSR count). The van der Waals surface area contributed by atoms with Crippen molar-refractivity contribution < 1.29 is 0 Å². The van der Waals surface area contributed by atoms with Crippen LogP contribution < -0.4 is 5.32 Å². The highest BCUT2D eigenvalue weighted by atomic mass is 127. The van der Waals surface area contributed by atoms with Gasteiger partial charge >= 0.3 is 0 Å². The number of hydrogen-bond donors (Lipinski definition) is 1. The minimum absolute atomic E-state index is 0.625. The normalized spacial score (nSPS) is 22.9. The van der Waals surface area contributed by atoms with Gasteiger partial charge in [0.15, 0.2) is 0 Å². The summed E-state index contributed by atoms with van der Waals surface area (Å²) in [6, 6.07) is 9.27. The Kier molecular flexibility index (Phi) is 3.99. The first-order chi connectivity index (χ1) is 7.25. The van der Waals surface area contributed by atoms with Gasteiger partial charge in [0, 0.05) is 35.8 Å². The Morgan fingerprint density at radius 2 is 2.27 bits per heavy atom. The van der Waals surface area contributed by atoms with Crippen LogP contribution in [0.3, 0.4) is 0 Å². The number of nitrogens with one attached hydrogen (secondary N) is 1. The van der Waals surface area contributed by atoms with Crippen LogP contribution in [0.1, 0.15) is 12.5 Å². The van der Waals surface area contributed by atoms with Crippen LogP contribution in [0.25, 0.3) is 0 Å². The quantitative estimate of drug-likeness (QED) is 0.841. The molecule has 2 nitrogen and oxygen atoms in total. The second-order valence-corrected chi connectivity index (χ2v) is 5.34. The topological polar surface area (TPSA) is 15.3 Å². The van der Waals surface area contributed by atoms with E-state index in [-0.39, 0.29) is 0 Å². The van der Waals surface area contributed by atoms with E-state index in [0.717, 1.165) is 26.2 Å². The summed E-state index contributed by atoms with van der Waals surface area (Å²) in [5.74, 6) is 0. The van der Waals surface area contributed by atoms with Gasteiger partial charge in [-0.15, -0.1) is 0 Å². The van der Waals surface area contributed by atoms with Crippen LogP contribution in [0.5, 0.6) is 0 Å². The first kappa shape index (κ1) is 11.4. The molecule has 0 bridgehead atoms. The standard InChI is InChI=1S/C12H17IN2/c1-10-8-15(7-6-14-10)9-11-4-2-3-5-12(11)13/h2-5,10,14H,6-9H2,1H3/t10-/m1/s1. The van der Waals surface area contributed by atoms with Gasteiger partial charge in [-0.3, -0.25) is 4.90 Å². The van der Waals surface area contributed by atoms with E-state index in [1.165, 1.54) is 9.13 Å². The lowest BCUT2D eigenvalue weighted by atomic mass is 10.1. The lowest BCUT2D eigenvalue weighted by molar-refractivity contribution is 0.199. The first-order valence-corrected chi connectivity index (χ1v) is 6.53. The van der Waals surface area contributed by atoms with Gasteiger partial charge < -0.3 is 5.32 Å². The zero-order valence-electron chi connectivity index (χ0n) is 9.04. The van der Waals surface area contributed by atoms with Gasteiger partial charge in [0.25, 0.3) is 0 Å². The third-order valence-corrected chi connectivity index (χ3v) is 3.86. The van der Waals surface area contributed by atoms with Crippen LogP contribution in [0.4, 0.5) is 0 Å². The van der Waals surface area contributed by atoms with Crippen LogP contribution in [-0.2, 0) is 6.54 Å². The molecule has 0 aliphatic carbocycles. The molecule has 15 heavy (non-hydrogen) atoms. The van der Waals surface area contributed by atoms with Gasteiger partial charge in [-0.2, -0.15) is 0 Å². The second kappa shape index (κ2) is 5.27. The van der Waals surface area contributed by atoms with Crippen molar-refractivity contribution in [3.63, 3.8) is 0 Å². The summed E-state index contributed by atoms with van der Waals surface area (Å²) in [6.07, 6.45) is 0. The molecule has 1 heterocycles. The third kappa shape index (κ3) is 3.16. The van der Waals surface area contributed by atoms with Gasteiger partial charge in [-0.25, -0.2) is 0 Å². The largest absolute Gasteiger partial charge is 0.312 e. The molecule has 1 N–H and O–H groups in total. The number of benzene rings is 1. The highest BCUT2D eigenvalue weighted by Crippen LogP contribution is 2.14. The molecular weight excluding hydrogens is 299 g/mol. The van der Waals surface area contributed by atoms with Gasteiger partial charge in [0.1, 0.15) is 0 Å². The average Bonchev–Trinajstić information content (AvgIpc) is 2.22. The molecule has 1 aromatic rings. The summed E-state index contributed by atoms with van der Waals surface area (Å²) in [7, 11) is 0. The van der Waals surface area contributed by atoms with Crippen LogP contribution in [0, 0.1) is 3.57 Å². The maximum absolute atomic E-state index is 3.47. The molecule has 0 spiro atoms. The minimum Gasteiger partial charge on any atom is -0.312 e. The number of hydrogen-bond acceptors (Lipinski definition) is 2. The summed E-state index contributed by atoms with van der Waals surface area (Å²) in [5, 5.41) is 3.47. The number of piperazine rings is 1. The summed E-state index contributed by atoms with van der Waals surface area (Å²) < 4.78 is 1.38. The van der Waals surface area contributed by atoms with Gasteiger partial charge in [0.05, 0.1) is 0 Å². The lowest BCUT2D eigenvalue weighted by Crippen LogP contribution is -2.48. The molecule has 0 amide bonds. The third-order valence-electron chi connectivity index (χ3n) is 2.80. The van der Waals surface area contributed by atoms with E-state index in [1.54, 1.807) is 0 Å². The fourth-order valence-corrected chi connectivity index (χ4v) is 2.58. The molecule has 1 saturated heterocycles. The van der Waals surface area contributed by atoms with Gasteiger partial charge in [-0.05, 0) is 41.1 Å². The Morgan fingerprint density at radius 1 is 1.47 bits per heavy atom. The Morgan fingerprint density at radius 3 is 3.00 bits per heavy atom. The smallest absolute Gasteiger partial charge is 0.0245 e. The van der Waals surface area contributed by atoms with E-state index in [9.17, 15) is 0 Å². The monoisotopic (exact) mass is 316 g/mol. The van der Waals surface area contributed by atoms with Crippen molar-refractivity contribution in [2.75, 3.05) is 19.6 Å². The number of halogens is 1. The van der Waals surface area contributed by atoms with Crippen LogP contribution in [0.2, 0.25) is 0 Å². The van der Waals surface area contributed by atoms with Crippen molar-refractivity contribution in [1.29, 1.82) is 0 Å². The molecule has 1 fully saturated rings. The number of nitrogens with zero attached hydrogens (tertiary/aromatic N) is 1. The Labute approximate surface area is 105 Å². The summed E-state index contributed by atoms with van der Waals surface area (Å²) >= 11 is 2.42. The molecule has 0 radical (unpaired) electrons. The molecule has 0 aromatic heterocycles. The van der Waals surface area contributed by atoms with Crippen molar-refractivity contribution in [2.24, 2.45) is 0 Å². The minimum atomic E-state index is 0.625. The molecule has 82 valence electrons. The van der Waals surface area contributed by atoms with E-state index >= 15 is 0 Å². The maximum atomic E-state index is 3.47. The molecule has 3 heteroatoms. The average molecular weight is 316 g/mol. The summed E-state index contributed by atoms with van der Waals surface area (Å²) in [6.45, 7) is 6.78. The lowest BCUT2D eigenvalue weighted by Gasteiger charge is -2.32. The highest BCUT2D eigenvalue weighted by Gasteiger charge is 2.15. The van der Waals surface area contributed by atoms with E-state index in [0.29, 0.717) is 6.04 Å². The van der Waals surface area contributed by atoms with Crippen molar-refractivity contribution >= 4 is 22.6 Å². The molecule has 1 aliphatic rings. The van der Waals surface area contributed by atoms with Crippen molar-refractivity contribution in [1.82, 2.24) is 10.2 Å². The van der Waals surface area contributed by atoms with E-state index < -0.39 is 0 Å². The molecule has 0 saturated carbocycles. The van der Waals surface area contributed by atoms with Crippen molar-refractivity contribution in [3.8, 4) is 0 Å². The van der Waals surface area contributed by atoms with Crippen molar-refractivity contribution in [3.05, 3.63) is 33.4 Å². The van der Waals surface area contributed by atoms with Gasteiger partial charge in [-0.1, -0.05) is 18.2 Å². The zero-order chi connectivity index (χ0) is 10.7. The Hall–Kier alpha value is -0.130. The van der Waals surface area contributed by atoms with E-state index in [4.69, 9.17) is 0 Å². The van der Waals surface area contributed by atoms with Crippen LogP contribution >= 0.6 is 22.6 Å². The fourth-order valence-electron chi connectivity index (χ4n) is 2.02. The van der Waals surface area contributed by atoms with Gasteiger partial charge in [0.2, 0.25) is 0 Å². The fraction of sp³-hybridized carbons (Fsp3) is 0.500. The molecular formula is C12H17IN2. The predicted octanol–water partition coefficient (Wildman–Crippen LogP) is 2.08. The maximum Gasteiger partial charge on any atom is 0.0245 e. The SMILES string of the molecule is C[C@@H]1CN(Cc2ccccc2I)CCN1. The van der Waals surface area contributed by atoms with E-state index in [2.05, 4.69) is 64.0 Å². The molecule has 1 aromatic carbocycles. The summed E-state index contributed by atoms with van der Waals surface area (Å²) in [5.41, 5.74) is 1.45. The van der Waals surface area contributed by atoms with Crippen molar-refractivity contribution in [2.45, 2.75) is 19.5 Å². The zero-order valence-corrected chi connectivity index (χ0v) is 11.2. The predicted molar refractivity (Wildman–Crippen MR) is 71.9 cm³/mol. The first-order valence-electron chi connectivity index (χ1n) is 5.45. The number of rotatable bonds is 2. The second-order valence-electron chi connectivity index (χ2n) is 4.18.